The van der Waals surface area contributed by atoms with E-state index in [0.717, 1.165) is 11.8 Å². The molecule has 4 heteroatoms. The molecule has 0 amide bonds. The summed E-state index contributed by atoms with van der Waals surface area (Å²) in [5.41, 5.74) is 1.36. The van der Waals surface area contributed by atoms with E-state index in [2.05, 4.69) is 4.74 Å². The maximum Gasteiger partial charge on any atom is 0.309 e. The van der Waals surface area contributed by atoms with Crippen molar-refractivity contribution in [2.24, 2.45) is 0 Å². The molecule has 0 unspecified atom stereocenters. The number of carbonyl (C=O) groups excluding carboxylic acids is 2. The van der Waals surface area contributed by atoms with Gasteiger partial charge < -0.3 is 9.47 Å². The van der Waals surface area contributed by atoms with Gasteiger partial charge in [-0.15, -0.1) is 0 Å². The third-order valence-corrected chi connectivity index (χ3v) is 2.21. The standard InChI is InChI=1S/C13H14O4/c1-16-12-8-10(6-7-11(12)9-14)4-3-5-13(15)17-2/h3-4,6-9H,5H2,1-2H3/b4-3+. The van der Waals surface area contributed by atoms with E-state index < -0.39 is 0 Å². The lowest BCUT2D eigenvalue weighted by atomic mass is 10.1. The molecule has 4 nitrogen and oxygen atoms in total. The van der Waals surface area contributed by atoms with Gasteiger partial charge in [-0.1, -0.05) is 18.2 Å². The summed E-state index contributed by atoms with van der Waals surface area (Å²) in [4.78, 5) is 21.6. The Bertz CT molecular complexity index is 435. The third kappa shape index (κ3) is 3.75. The summed E-state index contributed by atoms with van der Waals surface area (Å²) in [5, 5.41) is 0. The van der Waals surface area contributed by atoms with E-state index in [1.165, 1.54) is 14.2 Å². The summed E-state index contributed by atoms with van der Waals surface area (Å²) in [6.07, 6.45) is 4.42. The second kappa shape index (κ2) is 6.48. The Balaban J connectivity index is 2.79. The smallest absolute Gasteiger partial charge is 0.309 e. The number of aldehydes is 1. The van der Waals surface area contributed by atoms with Gasteiger partial charge in [-0.2, -0.15) is 0 Å². The van der Waals surface area contributed by atoms with Crippen LogP contribution in [0.25, 0.3) is 6.08 Å². The van der Waals surface area contributed by atoms with Crippen LogP contribution in [0.15, 0.2) is 24.3 Å². The van der Waals surface area contributed by atoms with E-state index in [1.807, 2.05) is 0 Å². The number of carbonyl (C=O) groups is 2. The van der Waals surface area contributed by atoms with Crippen molar-refractivity contribution in [3.63, 3.8) is 0 Å². The van der Waals surface area contributed by atoms with Crippen LogP contribution < -0.4 is 4.74 Å². The van der Waals surface area contributed by atoms with E-state index in [0.29, 0.717) is 11.3 Å². The van der Waals surface area contributed by atoms with E-state index >= 15 is 0 Å². The highest BCUT2D eigenvalue weighted by atomic mass is 16.5. The first kappa shape index (κ1) is 13.0. The summed E-state index contributed by atoms with van der Waals surface area (Å²) in [6.45, 7) is 0. The van der Waals surface area contributed by atoms with Gasteiger partial charge >= 0.3 is 5.97 Å². The van der Waals surface area contributed by atoms with Crippen molar-refractivity contribution in [2.45, 2.75) is 6.42 Å². The Morgan fingerprint density at radius 1 is 1.35 bits per heavy atom. The van der Waals surface area contributed by atoms with Crippen LogP contribution in [0.1, 0.15) is 22.3 Å². The molecule has 17 heavy (non-hydrogen) atoms. The van der Waals surface area contributed by atoms with Crippen molar-refractivity contribution in [1.29, 1.82) is 0 Å². The fourth-order valence-corrected chi connectivity index (χ4v) is 1.30. The van der Waals surface area contributed by atoms with Crippen LogP contribution in [0.2, 0.25) is 0 Å². The van der Waals surface area contributed by atoms with E-state index in [4.69, 9.17) is 4.74 Å². The van der Waals surface area contributed by atoms with Crippen molar-refractivity contribution < 1.29 is 19.1 Å². The minimum absolute atomic E-state index is 0.217. The lowest BCUT2D eigenvalue weighted by molar-refractivity contribution is -0.139. The molecule has 0 aliphatic heterocycles. The maximum absolute atomic E-state index is 10.9. The van der Waals surface area contributed by atoms with Crippen LogP contribution in [-0.2, 0) is 9.53 Å². The van der Waals surface area contributed by atoms with E-state index in [1.54, 1.807) is 30.4 Å². The molecule has 1 rings (SSSR count). The lowest BCUT2D eigenvalue weighted by Gasteiger charge is -2.04. The first-order chi connectivity index (χ1) is 8.21. The largest absolute Gasteiger partial charge is 0.496 e. The molecular formula is C13H14O4. The molecule has 0 saturated carbocycles. The number of hydrogen-bond donors (Lipinski definition) is 0. The fourth-order valence-electron chi connectivity index (χ4n) is 1.30. The summed E-state index contributed by atoms with van der Waals surface area (Å²) < 4.78 is 9.58. The summed E-state index contributed by atoms with van der Waals surface area (Å²) in [5.74, 6) is 0.220. The number of esters is 1. The van der Waals surface area contributed by atoms with Gasteiger partial charge in [-0.05, 0) is 17.7 Å². The Morgan fingerprint density at radius 2 is 2.12 bits per heavy atom. The molecule has 0 spiro atoms. The minimum atomic E-state index is -0.294. The average Bonchev–Trinajstić information content (AvgIpc) is 2.38. The molecule has 1 aromatic rings. The minimum Gasteiger partial charge on any atom is -0.496 e. The molecule has 0 radical (unpaired) electrons. The Hall–Kier alpha value is -2.10. The molecule has 90 valence electrons. The molecule has 0 aliphatic rings. The van der Waals surface area contributed by atoms with Crippen LogP contribution in [0.3, 0.4) is 0 Å². The molecule has 0 N–H and O–H groups in total. The van der Waals surface area contributed by atoms with Gasteiger partial charge in [0.1, 0.15) is 5.75 Å². The quantitative estimate of drug-likeness (QED) is 0.578. The molecule has 0 aromatic heterocycles. The van der Waals surface area contributed by atoms with Crippen molar-refractivity contribution >= 4 is 18.3 Å². The van der Waals surface area contributed by atoms with Crippen molar-refractivity contribution in [3.05, 3.63) is 35.4 Å². The predicted molar refractivity (Wildman–Crippen MR) is 64.0 cm³/mol. The zero-order chi connectivity index (χ0) is 12.7. The van der Waals surface area contributed by atoms with Crippen molar-refractivity contribution in [2.75, 3.05) is 14.2 Å². The normalized spacial score (nSPS) is 10.2. The van der Waals surface area contributed by atoms with Gasteiger partial charge in [-0.25, -0.2) is 0 Å². The number of ether oxygens (including phenoxy) is 2. The molecule has 1 aromatic carbocycles. The molecule has 0 atom stereocenters. The lowest BCUT2D eigenvalue weighted by Crippen LogP contribution is -1.96. The molecule has 0 heterocycles. The number of benzene rings is 1. The first-order valence-corrected chi connectivity index (χ1v) is 5.08. The zero-order valence-corrected chi connectivity index (χ0v) is 9.80. The van der Waals surface area contributed by atoms with Crippen molar-refractivity contribution in [1.82, 2.24) is 0 Å². The van der Waals surface area contributed by atoms with Crippen LogP contribution in [0, 0.1) is 0 Å². The highest BCUT2D eigenvalue weighted by Crippen LogP contribution is 2.19. The van der Waals surface area contributed by atoms with Gasteiger partial charge in [-0.3, -0.25) is 9.59 Å². The number of rotatable bonds is 5. The van der Waals surface area contributed by atoms with Gasteiger partial charge in [0, 0.05) is 0 Å². The second-order valence-electron chi connectivity index (χ2n) is 3.30. The zero-order valence-electron chi connectivity index (χ0n) is 9.80. The number of methoxy groups -OCH3 is 2. The molecular weight excluding hydrogens is 220 g/mol. The average molecular weight is 234 g/mol. The highest BCUT2D eigenvalue weighted by molar-refractivity contribution is 5.80. The van der Waals surface area contributed by atoms with Gasteiger partial charge in [0.25, 0.3) is 0 Å². The van der Waals surface area contributed by atoms with Crippen LogP contribution in [0.5, 0.6) is 5.75 Å². The highest BCUT2D eigenvalue weighted by Gasteiger charge is 2.01. The maximum atomic E-state index is 10.9. The first-order valence-electron chi connectivity index (χ1n) is 5.08. The summed E-state index contributed by atoms with van der Waals surface area (Å²) in [7, 11) is 2.85. The summed E-state index contributed by atoms with van der Waals surface area (Å²) in [6, 6.07) is 5.18. The summed E-state index contributed by atoms with van der Waals surface area (Å²) >= 11 is 0. The SMILES string of the molecule is COC(=O)C/C=C/c1ccc(C=O)c(OC)c1. The van der Waals surface area contributed by atoms with E-state index in [-0.39, 0.29) is 12.4 Å². The van der Waals surface area contributed by atoms with Crippen LogP contribution in [0.4, 0.5) is 0 Å². The number of hydrogen-bond acceptors (Lipinski definition) is 4. The second-order valence-corrected chi connectivity index (χ2v) is 3.30. The van der Waals surface area contributed by atoms with Crippen LogP contribution in [-0.4, -0.2) is 26.5 Å². The molecule has 0 aliphatic carbocycles. The predicted octanol–water partition coefficient (Wildman–Crippen LogP) is 2.08. The molecule has 0 bridgehead atoms. The third-order valence-electron chi connectivity index (χ3n) is 2.21. The topological polar surface area (TPSA) is 52.6 Å². The fraction of sp³-hybridized carbons (Fsp3) is 0.231. The monoisotopic (exact) mass is 234 g/mol. The van der Waals surface area contributed by atoms with Gasteiger partial charge in [0.15, 0.2) is 6.29 Å². The van der Waals surface area contributed by atoms with Crippen molar-refractivity contribution in [3.8, 4) is 5.75 Å². The Kier molecular flexibility index (Phi) is 4.94. The molecule has 0 fully saturated rings. The van der Waals surface area contributed by atoms with Gasteiger partial charge in [0.05, 0.1) is 26.2 Å². The Morgan fingerprint density at radius 3 is 2.71 bits per heavy atom. The van der Waals surface area contributed by atoms with Gasteiger partial charge in [0.2, 0.25) is 0 Å². The molecule has 0 saturated heterocycles. The van der Waals surface area contributed by atoms with Crippen LogP contribution >= 0.6 is 0 Å². The Labute approximate surface area is 99.8 Å². The van der Waals surface area contributed by atoms with E-state index in [9.17, 15) is 9.59 Å².